The second-order valence-electron chi connectivity index (χ2n) is 11.2. The molecule has 0 atom stereocenters. The molecule has 1 aliphatic heterocycles. The number of aliphatic imine (C=N–C) groups is 1. The molecular weight excluding hydrogens is 398 g/mol. The number of nitrogens with zero attached hydrogens (tertiary/aromatic N) is 1. The van der Waals surface area contributed by atoms with Crippen molar-refractivity contribution in [2.45, 2.75) is 94.8 Å². The highest BCUT2D eigenvalue weighted by molar-refractivity contribution is 6.26. The molecule has 0 aromatic heterocycles. The molecule has 168 valence electrons. The van der Waals surface area contributed by atoms with Gasteiger partial charge in [0.25, 0.3) is 0 Å². The third-order valence-electron chi connectivity index (χ3n) is 9.24. The Kier molecular flexibility index (Phi) is 4.92. The van der Waals surface area contributed by atoms with E-state index in [-0.39, 0.29) is 0 Å². The minimum absolute atomic E-state index is 0.734. The Morgan fingerprint density at radius 1 is 0.606 bits per heavy atom. The van der Waals surface area contributed by atoms with Crippen LogP contribution in [0.15, 0.2) is 53.5 Å². The van der Waals surface area contributed by atoms with Gasteiger partial charge < -0.3 is 0 Å². The molecule has 3 aliphatic carbocycles. The van der Waals surface area contributed by atoms with Crippen molar-refractivity contribution in [3.05, 3.63) is 76.3 Å². The minimum Gasteiger partial charge on any atom is -0.247 e. The zero-order valence-electron chi connectivity index (χ0n) is 19.8. The summed E-state index contributed by atoms with van der Waals surface area (Å²) < 4.78 is 0. The van der Waals surface area contributed by atoms with Crippen LogP contribution in [0.25, 0.3) is 10.8 Å². The van der Waals surface area contributed by atoms with E-state index in [1.165, 1.54) is 110 Å². The summed E-state index contributed by atoms with van der Waals surface area (Å²) in [6.07, 6.45) is 16.5. The third kappa shape index (κ3) is 3.38. The fraction of sp³-hybridized carbons (Fsp3) is 0.469. The van der Waals surface area contributed by atoms with Gasteiger partial charge in [0.2, 0.25) is 0 Å². The van der Waals surface area contributed by atoms with Crippen LogP contribution < -0.4 is 0 Å². The number of rotatable bonds is 4. The smallest absolute Gasteiger partial charge is 0.0789 e. The Hall–Kier alpha value is -2.41. The summed E-state index contributed by atoms with van der Waals surface area (Å²) in [5, 5.41) is 2.86. The number of benzene rings is 3. The maximum Gasteiger partial charge on any atom is 0.0789 e. The van der Waals surface area contributed by atoms with Crippen molar-refractivity contribution < 1.29 is 0 Å². The summed E-state index contributed by atoms with van der Waals surface area (Å²) in [7, 11) is 0. The van der Waals surface area contributed by atoms with E-state index in [1.54, 1.807) is 16.7 Å². The zero-order valence-corrected chi connectivity index (χ0v) is 19.8. The largest absolute Gasteiger partial charge is 0.247 e. The van der Waals surface area contributed by atoms with Crippen molar-refractivity contribution in [3.8, 4) is 0 Å². The quantitative estimate of drug-likeness (QED) is 0.304. The molecule has 7 rings (SSSR count). The molecule has 0 bridgehead atoms. The van der Waals surface area contributed by atoms with E-state index in [4.69, 9.17) is 4.99 Å². The van der Waals surface area contributed by atoms with Crippen LogP contribution in [0.5, 0.6) is 0 Å². The molecule has 3 aromatic rings. The zero-order chi connectivity index (χ0) is 21.8. The summed E-state index contributed by atoms with van der Waals surface area (Å²) in [5.74, 6) is 2.23. The van der Waals surface area contributed by atoms with Crippen molar-refractivity contribution in [1.82, 2.24) is 0 Å². The molecule has 4 aliphatic rings. The first-order valence-electron chi connectivity index (χ1n) is 13.6. The normalized spacial score (nSPS) is 21.5. The predicted octanol–water partition coefficient (Wildman–Crippen LogP) is 9.30. The fourth-order valence-electron chi connectivity index (χ4n) is 7.50. The molecule has 3 saturated carbocycles. The summed E-state index contributed by atoms with van der Waals surface area (Å²) in [4.78, 5) is 5.29. The van der Waals surface area contributed by atoms with Crippen LogP contribution in [0.2, 0.25) is 0 Å². The molecule has 33 heavy (non-hydrogen) atoms. The van der Waals surface area contributed by atoms with Crippen LogP contribution in [-0.4, -0.2) is 5.71 Å². The molecule has 0 unspecified atom stereocenters. The van der Waals surface area contributed by atoms with E-state index in [1.807, 2.05) is 0 Å². The van der Waals surface area contributed by atoms with Gasteiger partial charge in [-0.1, -0.05) is 68.9 Å². The molecule has 0 spiro atoms. The van der Waals surface area contributed by atoms with Crippen molar-refractivity contribution >= 4 is 22.2 Å². The molecule has 0 amide bonds. The average Bonchev–Trinajstić information content (AvgIpc) is 3.67. The van der Waals surface area contributed by atoms with Crippen LogP contribution in [0.4, 0.5) is 5.69 Å². The van der Waals surface area contributed by atoms with E-state index >= 15 is 0 Å². The Balaban J connectivity index is 1.35. The van der Waals surface area contributed by atoms with Crippen LogP contribution >= 0.6 is 0 Å². The highest BCUT2D eigenvalue weighted by atomic mass is 14.8. The van der Waals surface area contributed by atoms with Gasteiger partial charge in [-0.25, -0.2) is 4.99 Å². The molecule has 1 heteroatoms. The first kappa shape index (κ1) is 20.0. The number of hydrogen-bond donors (Lipinski definition) is 0. The standard InChI is InChI=1S/C32H35N/c1-2-9-21(8-1)24-18-25(22-10-3-4-11-22)20-26(19-24)32-29-15-7-14-28-27(23-12-5-6-13-23)16-17-30(33-32)31(28)29/h7,14-23H,1-6,8-13H2. The van der Waals surface area contributed by atoms with Gasteiger partial charge in [0.15, 0.2) is 0 Å². The Bertz CT molecular complexity index is 1200. The lowest BCUT2D eigenvalue weighted by atomic mass is 9.86. The van der Waals surface area contributed by atoms with E-state index in [0.29, 0.717) is 0 Å². The van der Waals surface area contributed by atoms with Gasteiger partial charge in [0.1, 0.15) is 0 Å². The predicted molar refractivity (Wildman–Crippen MR) is 139 cm³/mol. The van der Waals surface area contributed by atoms with E-state index < -0.39 is 0 Å². The lowest BCUT2D eigenvalue weighted by Gasteiger charge is -2.18. The van der Waals surface area contributed by atoms with E-state index in [0.717, 1.165) is 17.8 Å². The second kappa shape index (κ2) is 8.12. The third-order valence-corrected chi connectivity index (χ3v) is 9.24. The summed E-state index contributed by atoms with van der Waals surface area (Å²) in [5.41, 5.74) is 9.88. The van der Waals surface area contributed by atoms with Gasteiger partial charge in [0.05, 0.1) is 11.4 Å². The molecule has 0 N–H and O–H groups in total. The van der Waals surface area contributed by atoms with Gasteiger partial charge in [-0.3, -0.25) is 0 Å². The second-order valence-corrected chi connectivity index (χ2v) is 11.2. The Morgan fingerprint density at radius 3 is 1.85 bits per heavy atom. The molecular formula is C32H35N. The summed E-state index contributed by atoms with van der Waals surface area (Å²) in [6, 6.07) is 19.3. The van der Waals surface area contributed by atoms with Gasteiger partial charge in [-0.15, -0.1) is 0 Å². The van der Waals surface area contributed by atoms with Crippen molar-refractivity contribution in [2.75, 3.05) is 0 Å². The first-order chi connectivity index (χ1) is 16.3. The minimum atomic E-state index is 0.734. The van der Waals surface area contributed by atoms with Gasteiger partial charge in [-0.2, -0.15) is 0 Å². The highest BCUT2D eigenvalue weighted by Gasteiger charge is 2.27. The molecule has 0 saturated heterocycles. The lowest BCUT2D eigenvalue weighted by molar-refractivity contribution is 0.700. The van der Waals surface area contributed by atoms with Crippen LogP contribution in [-0.2, 0) is 0 Å². The summed E-state index contributed by atoms with van der Waals surface area (Å²) >= 11 is 0. The number of hydrogen-bond acceptors (Lipinski definition) is 1. The molecule has 3 aromatic carbocycles. The maximum absolute atomic E-state index is 5.29. The average molecular weight is 434 g/mol. The SMILES string of the molecule is c1cc2c3c(ccc(C4CCCC4)c3c1)N=C2c1cc(C2CCCC2)cc(C2CCCC2)c1. The highest BCUT2D eigenvalue weighted by Crippen LogP contribution is 2.45. The van der Waals surface area contributed by atoms with Crippen LogP contribution in [0.1, 0.15) is 123 Å². The maximum atomic E-state index is 5.29. The Labute approximate surface area is 198 Å². The van der Waals surface area contributed by atoms with Crippen molar-refractivity contribution in [3.63, 3.8) is 0 Å². The topological polar surface area (TPSA) is 12.4 Å². The van der Waals surface area contributed by atoms with Gasteiger partial charge >= 0.3 is 0 Å². The van der Waals surface area contributed by atoms with Crippen molar-refractivity contribution in [2.24, 2.45) is 4.99 Å². The fourth-order valence-corrected chi connectivity index (χ4v) is 7.50. The molecule has 1 nitrogen and oxygen atoms in total. The van der Waals surface area contributed by atoms with Gasteiger partial charge in [-0.05, 0) is 96.6 Å². The van der Waals surface area contributed by atoms with E-state index in [2.05, 4.69) is 48.5 Å². The summed E-state index contributed by atoms with van der Waals surface area (Å²) in [6.45, 7) is 0. The Morgan fingerprint density at radius 2 is 1.21 bits per heavy atom. The first-order valence-corrected chi connectivity index (χ1v) is 13.6. The van der Waals surface area contributed by atoms with Crippen LogP contribution in [0, 0.1) is 0 Å². The monoisotopic (exact) mass is 433 g/mol. The molecule has 0 radical (unpaired) electrons. The lowest BCUT2D eigenvalue weighted by Crippen LogP contribution is -2.06. The van der Waals surface area contributed by atoms with Crippen LogP contribution in [0.3, 0.4) is 0 Å². The van der Waals surface area contributed by atoms with Gasteiger partial charge in [0, 0.05) is 16.5 Å². The molecule has 3 fully saturated rings. The molecule has 1 heterocycles. The van der Waals surface area contributed by atoms with E-state index in [9.17, 15) is 0 Å². The van der Waals surface area contributed by atoms with Crippen molar-refractivity contribution in [1.29, 1.82) is 0 Å².